The van der Waals surface area contributed by atoms with Crippen molar-refractivity contribution in [3.63, 3.8) is 0 Å². The second kappa shape index (κ2) is 5.32. The minimum atomic E-state index is -0.188. The molecule has 0 radical (unpaired) electrons. The Kier molecular flexibility index (Phi) is 3.58. The third kappa shape index (κ3) is 2.95. The SMILES string of the molecule is N#Cc1ccc(OCC(=O)N2CCCO2)cc1. The van der Waals surface area contributed by atoms with E-state index in [-0.39, 0.29) is 12.5 Å². The van der Waals surface area contributed by atoms with Crippen molar-refractivity contribution in [3.8, 4) is 11.8 Å². The molecule has 2 rings (SSSR count). The van der Waals surface area contributed by atoms with Crippen molar-refractivity contribution in [2.45, 2.75) is 6.42 Å². The largest absolute Gasteiger partial charge is 0.484 e. The number of nitrogens with zero attached hydrogens (tertiary/aromatic N) is 2. The second-order valence-electron chi connectivity index (χ2n) is 3.61. The van der Waals surface area contributed by atoms with Gasteiger partial charge in [-0.15, -0.1) is 0 Å². The number of ether oxygens (including phenoxy) is 1. The standard InChI is InChI=1S/C12H12N2O3/c13-8-10-2-4-11(5-3-10)16-9-12(15)14-6-1-7-17-14/h2-5H,1,6-7,9H2. The Morgan fingerprint density at radius 3 is 2.82 bits per heavy atom. The van der Waals surface area contributed by atoms with E-state index in [0.717, 1.165) is 6.42 Å². The molecule has 88 valence electrons. The van der Waals surface area contributed by atoms with E-state index in [4.69, 9.17) is 14.8 Å². The van der Waals surface area contributed by atoms with Crippen LogP contribution < -0.4 is 4.74 Å². The fraction of sp³-hybridized carbons (Fsp3) is 0.333. The number of hydrogen-bond donors (Lipinski definition) is 0. The quantitative estimate of drug-likeness (QED) is 0.782. The van der Waals surface area contributed by atoms with E-state index in [0.29, 0.717) is 24.5 Å². The summed E-state index contributed by atoms with van der Waals surface area (Å²) in [4.78, 5) is 16.7. The molecular formula is C12H12N2O3. The van der Waals surface area contributed by atoms with E-state index < -0.39 is 0 Å². The van der Waals surface area contributed by atoms with Crippen LogP contribution in [0.4, 0.5) is 0 Å². The van der Waals surface area contributed by atoms with Gasteiger partial charge >= 0.3 is 0 Å². The molecule has 1 aromatic carbocycles. The van der Waals surface area contributed by atoms with E-state index >= 15 is 0 Å². The monoisotopic (exact) mass is 232 g/mol. The molecule has 0 bridgehead atoms. The van der Waals surface area contributed by atoms with Crippen molar-refractivity contribution in [1.29, 1.82) is 5.26 Å². The molecule has 0 N–H and O–H groups in total. The molecule has 0 saturated carbocycles. The van der Waals surface area contributed by atoms with Crippen LogP contribution in [0.5, 0.6) is 5.75 Å². The first-order chi connectivity index (χ1) is 8.29. The molecule has 1 amide bonds. The first-order valence-electron chi connectivity index (χ1n) is 5.36. The van der Waals surface area contributed by atoms with Gasteiger partial charge in [0.2, 0.25) is 0 Å². The van der Waals surface area contributed by atoms with Crippen LogP contribution in [0, 0.1) is 11.3 Å². The number of rotatable bonds is 3. The van der Waals surface area contributed by atoms with Crippen molar-refractivity contribution < 1.29 is 14.4 Å². The highest BCUT2D eigenvalue weighted by Crippen LogP contribution is 2.12. The van der Waals surface area contributed by atoms with Crippen LogP contribution in [-0.4, -0.2) is 30.7 Å². The van der Waals surface area contributed by atoms with Crippen LogP contribution in [0.15, 0.2) is 24.3 Å². The lowest BCUT2D eigenvalue weighted by atomic mass is 10.2. The van der Waals surface area contributed by atoms with Crippen molar-refractivity contribution in [2.24, 2.45) is 0 Å². The van der Waals surface area contributed by atoms with Gasteiger partial charge in [-0.3, -0.25) is 9.63 Å². The topological polar surface area (TPSA) is 62.6 Å². The normalized spacial score (nSPS) is 14.4. The summed E-state index contributed by atoms with van der Waals surface area (Å²) >= 11 is 0. The first kappa shape index (κ1) is 11.4. The Morgan fingerprint density at radius 2 is 2.24 bits per heavy atom. The highest BCUT2D eigenvalue weighted by atomic mass is 16.7. The predicted octanol–water partition coefficient (Wildman–Crippen LogP) is 1.10. The van der Waals surface area contributed by atoms with Gasteiger partial charge in [-0.1, -0.05) is 0 Å². The molecule has 0 aliphatic carbocycles. The molecule has 0 atom stereocenters. The van der Waals surface area contributed by atoms with Gasteiger partial charge in [-0.2, -0.15) is 5.26 Å². The van der Waals surface area contributed by atoms with Crippen LogP contribution in [0.25, 0.3) is 0 Å². The second-order valence-corrected chi connectivity index (χ2v) is 3.61. The number of benzene rings is 1. The highest BCUT2D eigenvalue weighted by Gasteiger charge is 2.19. The predicted molar refractivity (Wildman–Crippen MR) is 58.9 cm³/mol. The maximum atomic E-state index is 11.6. The molecule has 0 spiro atoms. The third-order valence-corrected chi connectivity index (χ3v) is 2.38. The summed E-state index contributed by atoms with van der Waals surface area (Å²) in [5, 5.41) is 9.95. The van der Waals surface area contributed by atoms with Gasteiger partial charge < -0.3 is 4.74 Å². The summed E-state index contributed by atoms with van der Waals surface area (Å²) in [5.41, 5.74) is 0.562. The van der Waals surface area contributed by atoms with Gasteiger partial charge in [-0.05, 0) is 30.7 Å². The molecule has 1 saturated heterocycles. The molecule has 17 heavy (non-hydrogen) atoms. The van der Waals surface area contributed by atoms with Crippen LogP contribution >= 0.6 is 0 Å². The van der Waals surface area contributed by atoms with Gasteiger partial charge in [0.05, 0.1) is 24.8 Å². The Morgan fingerprint density at radius 1 is 1.47 bits per heavy atom. The number of nitriles is 1. The Hall–Kier alpha value is -2.06. The highest BCUT2D eigenvalue weighted by molar-refractivity contribution is 5.76. The molecule has 5 heteroatoms. The van der Waals surface area contributed by atoms with E-state index in [1.807, 2.05) is 6.07 Å². The molecule has 0 unspecified atom stereocenters. The van der Waals surface area contributed by atoms with Crippen LogP contribution in [0.3, 0.4) is 0 Å². The van der Waals surface area contributed by atoms with Crippen LogP contribution in [-0.2, 0) is 9.63 Å². The minimum absolute atomic E-state index is 0.0497. The smallest absolute Gasteiger partial charge is 0.283 e. The zero-order valence-corrected chi connectivity index (χ0v) is 9.26. The van der Waals surface area contributed by atoms with Crippen molar-refractivity contribution in [2.75, 3.05) is 19.8 Å². The summed E-state index contributed by atoms with van der Waals surface area (Å²) < 4.78 is 5.30. The zero-order chi connectivity index (χ0) is 12.1. The molecule has 1 aromatic rings. The fourth-order valence-electron chi connectivity index (χ4n) is 1.49. The van der Waals surface area contributed by atoms with Crippen molar-refractivity contribution in [1.82, 2.24) is 5.06 Å². The fourth-order valence-corrected chi connectivity index (χ4v) is 1.49. The Labute approximate surface area is 99.1 Å². The summed E-state index contributed by atoms with van der Waals surface area (Å²) in [6.07, 6.45) is 0.864. The first-order valence-corrected chi connectivity index (χ1v) is 5.36. The van der Waals surface area contributed by atoms with Gasteiger partial charge in [-0.25, -0.2) is 5.06 Å². The van der Waals surface area contributed by atoms with Gasteiger partial charge in [0.25, 0.3) is 5.91 Å². The molecule has 1 fully saturated rings. The number of hydrogen-bond acceptors (Lipinski definition) is 4. The molecule has 5 nitrogen and oxygen atoms in total. The number of carbonyl (C=O) groups excluding carboxylic acids is 1. The average Bonchev–Trinajstić information content (AvgIpc) is 2.90. The van der Waals surface area contributed by atoms with Gasteiger partial charge in [0.15, 0.2) is 6.61 Å². The van der Waals surface area contributed by atoms with Crippen molar-refractivity contribution >= 4 is 5.91 Å². The lowest BCUT2D eigenvalue weighted by Crippen LogP contribution is -2.31. The van der Waals surface area contributed by atoms with Crippen molar-refractivity contribution in [3.05, 3.63) is 29.8 Å². The maximum Gasteiger partial charge on any atom is 0.283 e. The molecular weight excluding hydrogens is 220 g/mol. The maximum absolute atomic E-state index is 11.6. The average molecular weight is 232 g/mol. The number of carbonyl (C=O) groups is 1. The summed E-state index contributed by atoms with van der Waals surface area (Å²) in [6.45, 7) is 1.16. The van der Waals surface area contributed by atoms with Crippen LogP contribution in [0.2, 0.25) is 0 Å². The Balaban J connectivity index is 1.84. The van der Waals surface area contributed by atoms with Gasteiger partial charge in [0, 0.05) is 0 Å². The van der Waals surface area contributed by atoms with E-state index in [9.17, 15) is 4.79 Å². The van der Waals surface area contributed by atoms with E-state index in [1.165, 1.54) is 5.06 Å². The number of amides is 1. The molecule has 1 heterocycles. The number of hydroxylamine groups is 2. The summed E-state index contributed by atoms with van der Waals surface area (Å²) in [5.74, 6) is 0.378. The van der Waals surface area contributed by atoms with Crippen LogP contribution in [0.1, 0.15) is 12.0 Å². The summed E-state index contributed by atoms with van der Waals surface area (Å²) in [6, 6.07) is 8.63. The third-order valence-electron chi connectivity index (χ3n) is 2.38. The zero-order valence-electron chi connectivity index (χ0n) is 9.26. The Bertz CT molecular complexity index is 430. The molecule has 0 aromatic heterocycles. The minimum Gasteiger partial charge on any atom is -0.484 e. The molecule has 1 aliphatic heterocycles. The lowest BCUT2D eigenvalue weighted by Gasteiger charge is -2.14. The van der Waals surface area contributed by atoms with E-state index in [2.05, 4.69) is 0 Å². The van der Waals surface area contributed by atoms with Gasteiger partial charge in [0.1, 0.15) is 5.75 Å². The van der Waals surface area contributed by atoms with E-state index in [1.54, 1.807) is 24.3 Å². The molecule has 1 aliphatic rings. The summed E-state index contributed by atoms with van der Waals surface area (Å²) in [7, 11) is 0. The lowest BCUT2D eigenvalue weighted by molar-refractivity contribution is -0.170.